The van der Waals surface area contributed by atoms with Gasteiger partial charge in [-0.15, -0.1) is 0 Å². The first-order chi connectivity index (χ1) is 6.19. The normalized spacial score (nSPS) is 9.77. The minimum Gasteiger partial charge on any atom is -0.388 e. The van der Waals surface area contributed by atoms with Crippen molar-refractivity contribution in [1.29, 1.82) is 5.26 Å². The number of benzene rings is 1. The van der Waals surface area contributed by atoms with Gasteiger partial charge in [-0.3, -0.25) is 0 Å². The van der Waals surface area contributed by atoms with Crippen molar-refractivity contribution in [2.24, 2.45) is 0 Å². The van der Waals surface area contributed by atoms with Crippen molar-refractivity contribution in [2.75, 3.05) is 12.4 Å². The van der Waals surface area contributed by atoms with Gasteiger partial charge < -0.3 is 5.32 Å². The highest BCUT2D eigenvalue weighted by molar-refractivity contribution is 5.53. The molecule has 2 nitrogen and oxygen atoms in total. The van der Waals surface area contributed by atoms with Gasteiger partial charge in [-0.25, -0.2) is 0 Å². The van der Waals surface area contributed by atoms with Crippen molar-refractivity contribution < 1.29 is 0 Å². The molecule has 68 valence electrons. The van der Waals surface area contributed by atoms with Gasteiger partial charge in [0.2, 0.25) is 0 Å². The highest BCUT2D eigenvalue weighted by Crippen LogP contribution is 2.21. The van der Waals surface area contributed by atoms with Crippen LogP contribution in [0.1, 0.15) is 30.9 Å². The number of nitrogens with one attached hydrogen (secondary N) is 1. The van der Waals surface area contributed by atoms with Crippen LogP contribution in [-0.4, -0.2) is 7.05 Å². The molecule has 1 aromatic rings. The van der Waals surface area contributed by atoms with Crippen LogP contribution >= 0.6 is 0 Å². The number of hydrogen-bond donors (Lipinski definition) is 1. The molecule has 0 aliphatic carbocycles. The molecule has 0 aliphatic heterocycles. The van der Waals surface area contributed by atoms with Crippen LogP contribution < -0.4 is 5.32 Å². The van der Waals surface area contributed by atoms with Gasteiger partial charge in [0.25, 0.3) is 0 Å². The lowest BCUT2D eigenvalue weighted by Gasteiger charge is -2.09. The van der Waals surface area contributed by atoms with Gasteiger partial charge in [0, 0.05) is 12.7 Å². The smallest absolute Gasteiger partial charge is 0.0995 e. The molecule has 0 amide bonds. The quantitative estimate of drug-likeness (QED) is 0.748. The Kier molecular flexibility index (Phi) is 2.92. The predicted octanol–water partition coefficient (Wildman–Crippen LogP) is 2.72. The van der Waals surface area contributed by atoms with Gasteiger partial charge in [0.05, 0.1) is 11.6 Å². The van der Waals surface area contributed by atoms with Gasteiger partial charge in [-0.05, 0) is 23.6 Å². The summed E-state index contributed by atoms with van der Waals surface area (Å²) in [5, 5.41) is 11.9. The summed E-state index contributed by atoms with van der Waals surface area (Å²) in [5.41, 5.74) is 2.87. The first-order valence-corrected chi connectivity index (χ1v) is 4.41. The van der Waals surface area contributed by atoms with Crippen LogP contribution in [0.5, 0.6) is 0 Å². The standard InChI is InChI=1S/C11H14N2/c1-8(2)11-5-4-10(13-3)6-9(11)7-12/h4-6,8,13H,1-3H3. The van der Waals surface area contributed by atoms with Crippen molar-refractivity contribution in [2.45, 2.75) is 19.8 Å². The maximum absolute atomic E-state index is 8.91. The largest absolute Gasteiger partial charge is 0.388 e. The third kappa shape index (κ3) is 2.00. The second-order valence-electron chi connectivity index (χ2n) is 3.32. The summed E-state index contributed by atoms with van der Waals surface area (Å²) in [6, 6.07) is 8.10. The van der Waals surface area contributed by atoms with Crippen molar-refractivity contribution in [1.82, 2.24) is 0 Å². The Labute approximate surface area is 79.2 Å². The average Bonchev–Trinajstić information content (AvgIpc) is 2.16. The van der Waals surface area contributed by atoms with Gasteiger partial charge in [0.1, 0.15) is 0 Å². The number of anilines is 1. The van der Waals surface area contributed by atoms with E-state index in [1.807, 2.05) is 25.2 Å². The minimum atomic E-state index is 0.403. The Bertz CT molecular complexity index is 334. The third-order valence-corrected chi connectivity index (χ3v) is 2.08. The zero-order valence-corrected chi connectivity index (χ0v) is 8.26. The van der Waals surface area contributed by atoms with Crippen molar-refractivity contribution in [3.63, 3.8) is 0 Å². The SMILES string of the molecule is CNc1ccc(C(C)C)c(C#N)c1. The van der Waals surface area contributed by atoms with Crippen LogP contribution in [0, 0.1) is 11.3 Å². The highest BCUT2D eigenvalue weighted by atomic mass is 14.8. The number of nitrogens with zero attached hydrogens (tertiary/aromatic N) is 1. The molecule has 1 aromatic carbocycles. The zero-order valence-electron chi connectivity index (χ0n) is 8.26. The summed E-state index contributed by atoms with van der Waals surface area (Å²) in [4.78, 5) is 0. The van der Waals surface area contributed by atoms with Gasteiger partial charge >= 0.3 is 0 Å². The van der Waals surface area contributed by atoms with Crippen LogP contribution in [-0.2, 0) is 0 Å². The van der Waals surface area contributed by atoms with E-state index in [1.54, 1.807) is 0 Å². The van der Waals surface area contributed by atoms with Gasteiger partial charge in [-0.1, -0.05) is 19.9 Å². The molecule has 1 N–H and O–H groups in total. The lowest BCUT2D eigenvalue weighted by atomic mass is 9.97. The molecule has 13 heavy (non-hydrogen) atoms. The van der Waals surface area contributed by atoms with E-state index in [4.69, 9.17) is 5.26 Å². The molecule has 0 aliphatic rings. The Morgan fingerprint density at radius 3 is 2.54 bits per heavy atom. The summed E-state index contributed by atoms with van der Waals surface area (Å²) < 4.78 is 0. The first-order valence-electron chi connectivity index (χ1n) is 4.41. The molecule has 0 atom stereocenters. The molecule has 0 saturated carbocycles. The molecular weight excluding hydrogens is 160 g/mol. The molecule has 0 unspecified atom stereocenters. The van der Waals surface area contributed by atoms with Gasteiger partial charge in [0.15, 0.2) is 0 Å². The molecule has 1 rings (SSSR count). The lowest BCUT2D eigenvalue weighted by Crippen LogP contribution is -1.95. The Hall–Kier alpha value is -1.49. The summed E-state index contributed by atoms with van der Waals surface area (Å²) in [7, 11) is 1.85. The Morgan fingerprint density at radius 2 is 2.08 bits per heavy atom. The van der Waals surface area contributed by atoms with Crippen LogP contribution in [0.25, 0.3) is 0 Å². The molecule has 0 radical (unpaired) electrons. The minimum absolute atomic E-state index is 0.403. The molecule has 0 fully saturated rings. The molecule has 0 bridgehead atoms. The van der Waals surface area contributed by atoms with Crippen molar-refractivity contribution in [3.8, 4) is 6.07 Å². The first kappa shape index (κ1) is 9.60. The Morgan fingerprint density at radius 1 is 1.38 bits per heavy atom. The van der Waals surface area contributed by atoms with Gasteiger partial charge in [-0.2, -0.15) is 5.26 Å². The lowest BCUT2D eigenvalue weighted by molar-refractivity contribution is 0.863. The molecule has 0 heterocycles. The average molecular weight is 174 g/mol. The van der Waals surface area contributed by atoms with E-state index < -0.39 is 0 Å². The topological polar surface area (TPSA) is 35.8 Å². The molecule has 0 aromatic heterocycles. The second-order valence-corrected chi connectivity index (χ2v) is 3.32. The monoisotopic (exact) mass is 174 g/mol. The molecule has 0 spiro atoms. The van der Waals surface area contributed by atoms with Crippen LogP contribution in [0.4, 0.5) is 5.69 Å². The molecule has 0 saturated heterocycles. The van der Waals surface area contributed by atoms with E-state index in [0.29, 0.717) is 5.92 Å². The van der Waals surface area contributed by atoms with Crippen LogP contribution in [0.2, 0.25) is 0 Å². The predicted molar refractivity (Wildman–Crippen MR) is 54.8 cm³/mol. The van der Waals surface area contributed by atoms with Crippen molar-refractivity contribution in [3.05, 3.63) is 29.3 Å². The maximum Gasteiger partial charge on any atom is 0.0995 e. The fraction of sp³-hybridized carbons (Fsp3) is 0.364. The number of hydrogen-bond acceptors (Lipinski definition) is 2. The highest BCUT2D eigenvalue weighted by Gasteiger charge is 2.05. The third-order valence-electron chi connectivity index (χ3n) is 2.08. The molecule has 2 heteroatoms. The van der Waals surface area contributed by atoms with Crippen LogP contribution in [0.3, 0.4) is 0 Å². The van der Waals surface area contributed by atoms with E-state index in [0.717, 1.165) is 16.8 Å². The van der Waals surface area contributed by atoms with Crippen molar-refractivity contribution >= 4 is 5.69 Å². The summed E-state index contributed by atoms with van der Waals surface area (Å²) in [6.07, 6.45) is 0. The fourth-order valence-electron chi connectivity index (χ4n) is 1.31. The van der Waals surface area contributed by atoms with E-state index in [2.05, 4.69) is 25.2 Å². The van der Waals surface area contributed by atoms with E-state index >= 15 is 0 Å². The van der Waals surface area contributed by atoms with E-state index in [1.165, 1.54) is 0 Å². The number of nitriles is 1. The molecular formula is C11H14N2. The zero-order chi connectivity index (χ0) is 9.84. The van der Waals surface area contributed by atoms with E-state index in [-0.39, 0.29) is 0 Å². The summed E-state index contributed by atoms with van der Waals surface area (Å²) in [6.45, 7) is 4.18. The van der Waals surface area contributed by atoms with Crippen LogP contribution in [0.15, 0.2) is 18.2 Å². The number of rotatable bonds is 2. The van der Waals surface area contributed by atoms with E-state index in [9.17, 15) is 0 Å². The second kappa shape index (κ2) is 3.95. The maximum atomic E-state index is 8.91. The Balaban J connectivity index is 3.18. The summed E-state index contributed by atoms with van der Waals surface area (Å²) in [5.74, 6) is 0.403. The fourth-order valence-corrected chi connectivity index (χ4v) is 1.31. The summed E-state index contributed by atoms with van der Waals surface area (Å²) >= 11 is 0.